The zero-order valence-electron chi connectivity index (χ0n) is 18.1. The van der Waals surface area contributed by atoms with Crippen molar-refractivity contribution in [2.24, 2.45) is 0 Å². The van der Waals surface area contributed by atoms with E-state index in [9.17, 15) is 17.6 Å². The van der Waals surface area contributed by atoms with Crippen molar-refractivity contribution in [1.82, 2.24) is 15.1 Å². The molecule has 0 unspecified atom stereocenters. The summed E-state index contributed by atoms with van der Waals surface area (Å²) >= 11 is 0. The van der Waals surface area contributed by atoms with Gasteiger partial charge in [0.1, 0.15) is 11.8 Å². The van der Waals surface area contributed by atoms with Gasteiger partial charge in [0.15, 0.2) is 11.6 Å². The summed E-state index contributed by atoms with van der Waals surface area (Å²) < 4.78 is 53.0. The van der Waals surface area contributed by atoms with Crippen LogP contribution in [0.1, 0.15) is 19.3 Å². The summed E-state index contributed by atoms with van der Waals surface area (Å²) in [5.41, 5.74) is 1.49. The third-order valence-electron chi connectivity index (χ3n) is 5.23. The summed E-state index contributed by atoms with van der Waals surface area (Å²) in [5.74, 6) is -1.47. The molecule has 2 aromatic carbocycles. The molecule has 0 aromatic heterocycles. The van der Waals surface area contributed by atoms with Crippen LogP contribution >= 0.6 is 0 Å². The Morgan fingerprint density at radius 1 is 1.15 bits per heavy atom. The third kappa shape index (κ3) is 7.47. The maximum absolute atomic E-state index is 14.5. The highest BCUT2D eigenvalue weighted by Gasteiger charge is 2.26. The molecule has 1 heterocycles. The first kappa shape index (κ1) is 25.1. The number of halogens is 1. The molecule has 1 fully saturated rings. The van der Waals surface area contributed by atoms with E-state index in [1.165, 1.54) is 17.6 Å². The highest BCUT2D eigenvalue weighted by atomic mass is 32.2. The highest BCUT2D eigenvalue weighted by Crippen LogP contribution is 2.26. The van der Waals surface area contributed by atoms with Crippen LogP contribution in [0.3, 0.4) is 0 Å². The smallest absolute Gasteiger partial charge is 0.261 e. The predicted molar refractivity (Wildman–Crippen MR) is 118 cm³/mol. The van der Waals surface area contributed by atoms with Crippen molar-refractivity contribution in [3.63, 3.8) is 0 Å². The van der Waals surface area contributed by atoms with Gasteiger partial charge in [0.2, 0.25) is 10.0 Å². The van der Waals surface area contributed by atoms with Crippen LogP contribution < -0.4 is 14.9 Å². The summed E-state index contributed by atoms with van der Waals surface area (Å²) in [5, 5.41) is 9.02. The van der Waals surface area contributed by atoms with Crippen LogP contribution in [0.4, 0.5) is 4.39 Å². The van der Waals surface area contributed by atoms with Crippen LogP contribution in [-0.2, 0) is 19.6 Å². The first-order chi connectivity index (χ1) is 15.9. The molecule has 180 valence electrons. The molecule has 1 atom stereocenters. The number of para-hydroxylation sites is 1. The Balaban J connectivity index is 1.61. The molecule has 9 nitrogen and oxygen atoms in total. The lowest BCUT2D eigenvalue weighted by Crippen LogP contribution is -2.45. The lowest BCUT2D eigenvalue weighted by atomic mass is 10.1. The molecule has 3 N–H and O–H groups in total. The van der Waals surface area contributed by atoms with Crippen LogP contribution in [0.25, 0.3) is 0 Å². The molecule has 0 aliphatic carbocycles. The lowest BCUT2D eigenvalue weighted by molar-refractivity contribution is -0.131. The molecule has 3 rings (SSSR count). The number of hydrogen-bond donors (Lipinski definition) is 3. The number of carbonyl (C=O) groups is 1. The summed E-state index contributed by atoms with van der Waals surface area (Å²) in [6.07, 6.45) is 1.47. The molecule has 33 heavy (non-hydrogen) atoms. The van der Waals surface area contributed by atoms with Crippen molar-refractivity contribution in [3.05, 3.63) is 54.3 Å². The number of rotatable bonds is 11. The van der Waals surface area contributed by atoms with E-state index in [4.69, 9.17) is 14.7 Å². The molecule has 1 aliphatic rings. The minimum Gasteiger partial charge on any atom is -0.454 e. The first-order valence-corrected chi connectivity index (χ1v) is 12.2. The van der Waals surface area contributed by atoms with E-state index in [0.717, 1.165) is 32.1 Å². The normalized spacial score (nSPS) is 15.7. The maximum atomic E-state index is 14.5. The van der Waals surface area contributed by atoms with Gasteiger partial charge in [-0.25, -0.2) is 18.3 Å². The van der Waals surface area contributed by atoms with Crippen LogP contribution in [0, 0.1) is 5.82 Å². The number of nitrogens with zero attached hydrogens (tertiary/aromatic N) is 1. The fraction of sp³-hybridized carbons (Fsp3) is 0.409. The van der Waals surface area contributed by atoms with Gasteiger partial charge in [-0.2, -0.15) is 4.72 Å². The van der Waals surface area contributed by atoms with Crippen molar-refractivity contribution in [1.29, 1.82) is 0 Å². The molecule has 1 saturated heterocycles. The number of unbranched alkanes of at least 4 members (excludes halogenated alkanes) is 1. The summed E-state index contributed by atoms with van der Waals surface area (Å²) in [6.45, 7) is 3.84. The second kappa shape index (κ2) is 12.1. The van der Waals surface area contributed by atoms with E-state index in [1.54, 1.807) is 30.3 Å². The number of hydroxylamine groups is 1. The number of morpholine rings is 1. The van der Waals surface area contributed by atoms with E-state index in [0.29, 0.717) is 25.4 Å². The third-order valence-corrected chi connectivity index (χ3v) is 6.70. The van der Waals surface area contributed by atoms with Gasteiger partial charge in [0, 0.05) is 13.1 Å². The minimum atomic E-state index is -4.23. The van der Waals surface area contributed by atoms with Crippen molar-refractivity contribution >= 4 is 15.9 Å². The van der Waals surface area contributed by atoms with Crippen molar-refractivity contribution < 1.29 is 32.3 Å². The van der Waals surface area contributed by atoms with Crippen molar-refractivity contribution in [2.75, 3.05) is 32.8 Å². The largest absolute Gasteiger partial charge is 0.454 e. The average Bonchev–Trinajstić information content (AvgIpc) is 2.83. The Kier molecular flexibility index (Phi) is 9.15. The van der Waals surface area contributed by atoms with Gasteiger partial charge < -0.3 is 9.47 Å². The average molecular weight is 482 g/mol. The number of hydrogen-bond acceptors (Lipinski definition) is 7. The Hall–Kier alpha value is -2.57. The van der Waals surface area contributed by atoms with Gasteiger partial charge in [0.05, 0.1) is 18.1 Å². The Labute approximate surface area is 192 Å². The predicted octanol–water partition coefficient (Wildman–Crippen LogP) is 2.27. The SMILES string of the molecule is O=C(NO)[C@@H](CCCCN1CCOCC1)NS(=O)(=O)c1ccc(Oc2ccccc2)c(F)c1. The molecule has 0 radical (unpaired) electrons. The van der Waals surface area contributed by atoms with Crippen molar-refractivity contribution in [3.8, 4) is 11.5 Å². The highest BCUT2D eigenvalue weighted by molar-refractivity contribution is 7.89. The van der Waals surface area contributed by atoms with Gasteiger partial charge in [-0.1, -0.05) is 24.6 Å². The zero-order chi connectivity index (χ0) is 23.7. The van der Waals surface area contributed by atoms with Crippen LogP contribution in [0.15, 0.2) is 53.4 Å². The molecule has 0 bridgehead atoms. The van der Waals surface area contributed by atoms with E-state index >= 15 is 0 Å². The van der Waals surface area contributed by atoms with Gasteiger partial charge in [0.25, 0.3) is 5.91 Å². The van der Waals surface area contributed by atoms with E-state index in [2.05, 4.69) is 9.62 Å². The number of benzene rings is 2. The number of amides is 1. The Bertz CT molecular complexity index is 1020. The van der Waals surface area contributed by atoms with Crippen LogP contribution in [-0.4, -0.2) is 63.3 Å². The molecule has 1 amide bonds. The molecule has 11 heteroatoms. The van der Waals surface area contributed by atoms with E-state index < -0.39 is 27.8 Å². The summed E-state index contributed by atoms with van der Waals surface area (Å²) in [4.78, 5) is 13.9. The first-order valence-electron chi connectivity index (χ1n) is 10.7. The minimum absolute atomic E-state index is 0.132. The standard InChI is InChI=1S/C22H28FN3O6S/c23-19-16-18(9-10-21(19)32-17-6-2-1-3-7-17)33(29,30)25-20(22(27)24-28)8-4-5-11-26-12-14-31-15-13-26/h1-3,6-7,9-10,16,20,25,28H,4-5,8,11-15H2,(H,24,27)/t20-/m1/s1. The number of sulfonamides is 1. The molecule has 1 aliphatic heterocycles. The van der Waals surface area contributed by atoms with Gasteiger partial charge in [-0.15, -0.1) is 0 Å². The van der Waals surface area contributed by atoms with E-state index in [1.807, 2.05) is 0 Å². The lowest BCUT2D eigenvalue weighted by Gasteiger charge is -2.26. The topological polar surface area (TPSA) is 117 Å². The fourth-order valence-electron chi connectivity index (χ4n) is 3.43. The molecular weight excluding hydrogens is 453 g/mol. The van der Waals surface area contributed by atoms with Crippen LogP contribution in [0.5, 0.6) is 11.5 Å². The van der Waals surface area contributed by atoms with Gasteiger partial charge in [-0.3, -0.25) is 14.9 Å². The monoisotopic (exact) mass is 481 g/mol. The second-order valence-corrected chi connectivity index (χ2v) is 9.32. The summed E-state index contributed by atoms with van der Waals surface area (Å²) in [7, 11) is -4.23. The number of carbonyl (C=O) groups excluding carboxylic acids is 1. The fourth-order valence-corrected chi connectivity index (χ4v) is 4.67. The van der Waals surface area contributed by atoms with Gasteiger partial charge >= 0.3 is 0 Å². The number of nitrogens with one attached hydrogen (secondary N) is 2. The molecular formula is C22H28FN3O6S. The van der Waals surface area contributed by atoms with Gasteiger partial charge in [-0.05, 0) is 49.7 Å². The summed E-state index contributed by atoms with van der Waals surface area (Å²) in [6, 6.07) is 10.5. The Morgan fingerprint density at radius 3 is 2.55 bits per heavy atom. The zero-order valence-corrected chi connectivity index (χ0v) is 18.9. The second-order valence-electron chi connectivity index (χ2n) is 7.61. The Morgan fingerprint density at radius 2 is 1.88 bits per heavy atom. The van der Waals surface area contributed by atoms with Crippen LogP contribution in [0.2, 0.25) is 0 Å². The van der Waals surface area contributed by atoms with E-state index in [-0.39, 0.29) is 17.1 Å². The molecule has 2 aromatic rings. The quantitative estimate of drug-likeness (QED) is 0.256. The maximum Gasteiger partial charge on any atom is 0.261 e. The number of ether oxygens (including phenoxy) is 2. The molecule has 0 spiro atoms. The van der Waals surface area contributed by atoms with Crippen molar-refractivity contribution in [2.45, 2.75) is 30.2 Å². The molecule has 0 saturated carbocycles.